The van der Waals surface area contributed by atoms with Crippen LogP contribution in [0.15, 0.2) is 0 Å². The third-order valence-corrected chi connectivity index (χ3v) is 2.00. The fourth-order valence-corrected chi connectivity index (χ4v) is 1.21. The molecule has 0 atom stereocenters. The Bertz CT molecular complexity index is 40.7. The summed E-state index contributed by atoms with van der Waals surface area (Å²) in [4.78, 5) is 0. The zero-order valence-electron chi connectivity index (χ0n) is 3.68. The molecule has 3 aliphatic carbocycles. The minimum absolute atomic E-state index is 0. The van der Waals surface area contributed by atoms with Crippen molar-refractivity contribution in [3.05, 3.63) is 0 Å². The molecule has 2 bridgehead atoms. The van der Waals surface area contributed by atoms with Gasteiger partial charge in [-0.25, -0.2) is 0 Å². The van der Waals surface area contributed by atoms with Gasteiger partial charge < -0.3 is 0 Å². The normalized spacial score (nSPS) is 48.0. The van der Waals surface area contributed by atoms with E-state index in [4.69, 9.17) is 0 Å². The summed E-state index contributed by atoms with van der Waals surface area (Å²) in [5, 5.41) is 0. The molecule has 0 radical (unpaired) electrons. The first-order valence-corrected chi connectivity index (χ1v) is 2.45. The molecule has 0 heterocycles. The average molecular weight is 105 g/mol. The van der Waals surface area contributed by atoms with E-state index in [1.807, 2.05) is 0 Å². The Balaban J connectivity index is 0.000000180. The largest absolute Gasteiger partial charge is 0.147 e. The van der Waals surface area contributed by atoms with Crippen molar-refractivity contribution in [2.24, 2.45) is 11.8 Å². The molecule has 0 amide bonds. The first kappa shape index (κ1) is 4.45. The Hall–Kier alpha value is 0.290. The monoisotopic (exact) mass is 104 g/mol. The Kier molecular flexibility index (Phi) is 0.836. The summed E-state index contributed by atoms with van der Waals surface area (Å²) in [5.41, 5.74) is 0. The molecule has 3 saturated carbocycles. The third-order valence-electron chi connectivity index (χ3n) is 2.00. The maximum absolute atomic E-state index is 1.58. The van der Waals surface area contributed by atoms with Crippen LogP contribution in [-0.4, -0.2) is 0 Å². The van der Waals surface area contributed by atoms with Crippen molar-refractivity contribution in [2.45, 2.75) is 19.3 Å². The summed E-state index contributed by atoms with van der Waals surface area (Å²) in [6.07, 6.45) is 4.75. The molecule has 3 fully saturated rings. The van der Waals surface area contributed by atoms with Gasteiger partial charge in [-0.2, -0.15) is 0 Å². The van der Waals surface area contributed by atoms with Crippen LogP contribution in [0.3, 0.4) is 0 Å². The van der Waals surface area contributed by atoms with Crippen molar-refractivity contribution >= 4 is 12.4 Å². The Morgan fingerprint density at radius 2 is 1.00 bits per heavy atom. The van der Waals surface area contributed by atoms with Crippen molar-refractivity contribution in [1.29, 1.82) is 0 Å². The van der Waals surface area contributed by atoms with Crippen LogP contribution in [0.4, 0.5) is 0 Å². The van der Waals surface area contributed by atoms with Gasteiger partial charge >= 0.3 is 0 Å². The predicted molar refractivity (Wildman–Crippen MR) is 28.1 cm³/mol. The minimum Gasteiger partial charge on any atom is -0.147 e. The van der Waals surface area contributed by atoms with E-state index in [2.05, 4.69) is 0 Å². The van der Waals surface area contributed by atoms with Gasteiger partial charge in [-0.1, -0.05) is 0 Å². The zero-order chi connectivity index (χ0) is 3.28. The lowest BCUT2D eigenvalue weighted by atomic mass is 9.56. The molecule has 0 aromatic carbocycles. The summed E-state index contributed by atoms with van der Waals surface area (Å²) < 4.78 is 0. The Morgan fingerprint density at radius 3 is 1.00 bits per heavy atom. The molecular weight excluding hydrogens is 95.5 g/mol. The van der Waals surface area contributed by atoms with E-state index < -0.39 is 0 Å². The van der Waals surface area contributed by atoms with Gasteiger partial charge in [-0.3, -0.25) is 0 Å². The summed E-state index contributed by atoms with van der Waals surface area (Å²) in [5.74, 6) is 2.42. The van der Waals surface area contributed by atoms with Crippen LogP contribution < -0.4 is 0 Å². The van der Waals surface area contributed by atoms with Crippen molar-refractivity contribution in [3.63, 3.8) is 0 Å². The van der Waals surface area contributed by atoms with Gasteiger partial charge in [0.15, 0.2) is 0 Å². The number of hydrogen-bond acceptors (Lipinski definition) is 0. The molecule has 1 heteroatoms. The van der Waals surface area contributed by atoms with Gasteiger partial charge in [0.05, 0.1) is 0 Å². The summed E-state index contributed by atoms with van der Waals surface area (Å²) >= 11 is 0. The fraction of sp³-hybridized carbons (Fsp3) is 1.00. The Labute approximate surface area is 44.3 Å². The molecule has 0 aromatic heterocycles. The van der Waals surface area contributed by atoms with Crippen LogP contribution in [0.25, 0.3) is 0 Å². The Morgan fingerprint density at radius 1 is 0.833 bits per heavy atom. The van der Waals surface area contributed by atoms with Crippen molar-refractivity contribution in [1.82, 2.24) is 0 Å². The molecule has 6 heavy (non-hydrogen) atoms. The van der Waals surface area contributed by atoms with Crippen LogP contribution >= 0.6 is 12.4 Å². The van der Waals surface area contributed by atoms with Crippen molar-refractivity contribution < 1.29 is 0 Å². The first-order chi connectivity index (χ1) is 2.45. The van der Waals surface area contributed by atoms with Gasteiger partial charge in [0, 0.05) is 0 Å². The highest BCUT2D eigenvalue weighted by Gasteiger charge is 2.41. The quantitative estimate of drug-likeness (QED) is 0.440. The lowest BCUT2D eigenvalue weighted by molar-refractivity contribution is 0.0198. The topological polar surface area (TPSA) is 0 Å². The van der Waals surface area contributed by atoms with Gasteiger partial charge in [-0.05, 0) is 31.1 Å². The molecule has 0 aromatic rings. The molecule has 0 N–H and O–H groups in total. The van der Waals surface area contributed by atoms with E-state index in [0.29, 0.717) is 0 Å². The lowest BCUT2D eigenvalue weighted by Gasteiger charge is -2.49. The standard InChI is InChI=1S/C5H8.ClH/c1-4-2-5(1)3-4;/h4-5H,1-3H2;1H. The molecular formula is C5H9Cl. The molecule has 0 aliphatic heterocycles. The van der Waals surface area contributed by atoms with Gasteiger partial charge in [0.25, 0.3) is 0 Å². The summed E-state index contributed by atoms with van der Waals surface area (Å²) in [6.45, 7) is 0. The number of rotatable bonds is 0. The van der Waals surface area contributed by atoms with E-state index in [0.717, 1.165) is 0 Å². The second-order valence-corrected chi connectivity index (χ2v) is 2.44. The van der Waals surface area contributed by atoms with E-state index in [1.165, 1.54) is 11.8 Å². The van der Waals surface area contributed by atoms with E-state index >= 15 is 0 Å². The van der Waals surface area contributed by atoms with E-state index in [-0.39, 0.29) is 12.4 Å². The highest BCUT2D eigenvalue weighted by molar-refractivity contribution is 5.85. The van der Waals surface area contributed by atoms with Crippen molar-refractivity contribution in [2.75, 3.05) is 0 Å². The molecule has 3 aliphatic rings. The van der Waals surface area contributed by atoms with Crippen LogP contribution in [0.5, 0.6) is 0 Å². The molecule has 3 rings (SSSR count). The lowest BCUT2D eigenvalue weighted by Crippen LogP contribution is -2.38. The van der Waals surface area contributed by atoms with Gasteiger partial charge in [-0.15, -0.1) is 12.4 Å². The summed E-state index contributed by atoms with van der Waals surface area (Å²) in [7, 11) is 0. The zero-order valence-corrected chi connectivity index (χ0v) is 4.50. The van der Waals surface area contributed by atoms with E-state index in [9.17, 15) is 0 Å². The second kappa shape index (κ2) is 1.13. The molecule has 36 valence electrons. The predicted octanol–water partition coefficient (Wildman–Crippen LogP) is 1.84. The highest BCUT2D eigenvalue weighted by atomic mass is 35.5. The molecule has 0 nitrogen and oxygen atoms in total. The minimum atomic E-state index is 0. The number of hydrogen-bond donors (Lipinski definition) is 0. The second-order valence-electron chi connectivity index (χ2n) is 2.44. The van der Waals surface area contributed by atoms with Gasteiger partial charge in [0.1, 0.15) is 0 Å². The maximum Gasteiger partial charge on any atom is -0.0406 e. The third kappa shape index (κ3) is 0.307. The van der Waals surface area contributed by atoms with Crippen LogP contribution in [0.2, 0.25) is 0 Å². The van der Waals surface area contributed by atoms with E-state index in [1.54, 1.807) is 19.3 Å². The van der Waals surface area contributed by atoms with Crippen molar-refractivity contribution in [3.8, 4) is 0 Å². The molecule has 0 saturated heterocycles. The SMILES string of the molecule is C1C2CC1C2.Cl. The molecule has 0 unspecified atom stereocenters. The number of halogens is 1. The highest BCUT2D eigenvalue weighted by Crippen LogP contribution is 2.52. The first-order valence-electron chi connectivity index (χ1n) is 2.45. The maximum atomic E-state index is 1.58. The molecule has 0 spiro atoms. The smallest absolute Gasteiger partial charge is 0.0406 e. The average Bonchev–Trinajstić information content (AvgIpc) is 0.592. The van der Waals surface area contributed by atoms with Gasteiger partial charge in [0.2, 0.25) is 0 Å². The van der Waals surface area contributed by atoms with Crippen LogP contribution in [0.1, 0.15) is 19.3 Å². The van der Waals surface area contributed by atoms with Crippen LogP contribution in [-0.2, 0) is 0 Å². The van der Waals surface area contributed by atoms with Crippen LogP contribution in [0, 0.1) is 11.8 Å². The summed E-state index contributed by atoms with van der Waals surface area (Å²) in [6, 6.07) is 0. The fourth-order valence-electron chi connectivity index (χ4n) is 1.21.